The molecule has 0 spiro atoms. The summed E-state index contributed by atoms with van der Waals surface area (Å²) in [5, 5.41) is 0.996. The molecule has 0 aliphatic heterocycles. The van der Waals surface area contributed by atoms with Crippen molar-refractivity contribution < 1.29 is 9.53 Å². The fourth-order valence-electron chi connectivity index (χ4n) is 0.949. The van der Waals surface area contributed by atoms with Crippen LogP contribution in [-0.4, -0.2) is 18.1 Å². The maximum absolute atomic E-state index is 11.1. The first-order chi connectivity index (χ1) is 6.13. The molecular formula is C9H13NO2S. The fourth-order valence-corrected chi connectivity index (χ4v) is 2.00. The first-order valence-corrected chi connectivity index (χ1v) is 4.98. The summed E-state index contributed by atoms with van der Waals surface area (Å²) < 4.78 is 4.59. The SMILES string of the molecule is COC(=O)c1cnc(CC(C)C)s1. The number of methoxy groups -OCH3 is 1. The van der Waals surface area contributed by atoms with Crippen molar-refractivity contribution in [1.29, 1.82) is 0 Å². The predicted molar refractivity (Wildman–Crippen MR) is 52.0 cm³/mol. The summed E-state index contributed by atoms with van der Waals surface area (Å²) >= 11 is 1.41. The first kappa shape index (κ1) is 10.2. The third-order valence-corrected chi connectivity index (χ3v) is 2.52. The number of esters is 1. The van der Waals surface area contributed by atoms with E-state index in [2.05, 4.69) is 23.6 Å². The number of carbonyl (C=O) groups excluding carboxylic acids is 1. The molecule has 0 bridgehead atoms. The molecule has 72 valence electrons. The van der Waals surface area contributed by atoms with E-state index < -0.39 is 0 Å². The molecule has 1 aromatic rings. The average Bonchev–Trinajstić information content (AvgIpc) is 2.50. The maximum Gasteiger partial charge on any atom is 0.349 e. The van der Waals surface area contributed by atoms with Crippen LogP contribution in [0.3, 0.4) is 0 Å². The number of rotatable bonds is 3. The summed E-state index contributed by atoms with van der Waals surface area (Å²) in [6.07, 6.45) is 2.50. The van der Waals surface area contributed by atoms with Crippen LogP contribution in [-0.2, 0) is 11.2 Å². The third kappa shape index (κ3) is 2.81. The number of aromatic nitrogens is 1. The van der Waals surface area contributed by atoms with Gasteiger partial charge < -0.3 is 4.74 Å². The largest absolute Gasteiger partial charge is 0.465 e. The van der Waals surface area contributed by atoms with Crippen LogP contribution in [0.2, 0.25) is 0 Å². The highest BCUT2D eigenvalue weighted by molar-refractivity contribution is 7.13. The molecule has 0 amide bonds. The fraction of sp³-hybridized carbons (Fsp3) is 0.556. The number of ether oxygens (including phenoxy) is 1. The second kappa shape index (κ2) is 4.37. The molecular weight excluding hydrogens is 186 g/mol. The van der Waals surface area contributed by atoms with Crippen LogP contribution in [0.1, 0.15) is 28.5 Å². The first-order valence-electron chi connectivity index (χ1n) is 4.16. The topological polar surface area (TPSA) is 39.2 Å². The van der Waals surface area contributed by atoms with Crippen molar-refractivity contribution in [1.82, 2.24) is 4.98 Å². The van der Waals surface area contributed by atoms with E-state index in [4.69, 9.17) is 0 Å². The predicted octanol–water partition coefficient (Wildman–Crippen LogP) is 2.13. The van der Waals surface area contributed by atoms with E-state index in [1.54, 1.807) is 6.20 Å². The summed E-state index contributed by atoms with van der Waals surface area (Å²) in [5.41, 5.74) is 0. The zero-order chi connectivity index (χ0) is 9.84. The highest BCUT2D eigenvalue weighted by Crippen LogP contribution is 2.16. The second-order valence-electron chi connectivity index (χ2n) is 3.21. The Morgan fingerprint density at radius 3 is 2.92 bits per heavy atom. The van der Waals surface area contributed by atoms with Crippen molar-refractivity contribution >= 4 is 17.3 Å². The Balaban J connectivity index is 2.69. The molecule has 0 unspecified atom stereocenters. The number of thiazole rings is 1. The lowest BCUT2D eigenvalue weighted by Crippen LogP contribution is -1.96. The van der Waals surface area contributed by atoms with Crippen molar-refractivity contribution in [2.45, 2.75) is 20.3 Å². The molecule has 1 heterocycles. The van der Waals surface area contributed by atoms with E-state index in [1.807, 2.05) is 0 Å². The molecule has 1 rings (SSSR count). The smallest absolute Gasteiger partial charge is 0.349 e. The van der Waals surface area contributed by atoms with Crippen LogP contribution in [0.25, 0.3) is 0 Å². The van der Waals surface area contributed by atoms with Gasteiger partial charge in [-0.1, -0.05) is 13.8 Å². The standard InChI is InChI=1S/C9H13NO2S/c1-6(2)4-8-10-5-7(13-8)9(11)12-3/h5-6H,4H2,1-3H3. The van der Waals surface area contributed by atoms with E-state index in [0.29, 0.717) is 10.8 Å². The molecule has 0 saturated carbocycles. The van der Waals surface area contributed by atoms with E-state index >= 15 is 0 Å². The van der Waals surface area contributed by atoms with Gasteiger partial charge in [0.05, 0.1) is 18.3 Å². The maximum atomic E-state index is 11.1. The van der Waals surface area contributed by atoms with Crippen LogP contribution in [0, 0.1) is 5.92 Å². The lowest BCUT2D eigenvalue weighted by molar-refractivity contribution is 0.0606. The minimum absolute atomic E-state index is 0.299. The van der Waals surface area contributed by atoms with Gasteiger partial charge >= 0.3 is 5.97 Å². The van der Waals surface area contributed by atoms with Crippen LogP contribution >= 0.6 is 11.3 Å². The third-order valence-electron chi connectivity index (χ3n) is 1.52. The number of carbonyl (C=O) groups is 1. The van der Waals surface area contributed by atoms with Gasteiger partial charge in [-0.15, -0.1) is 11.3 Å². The van der Waals surface area contributed by atoms with Crippen molar-refractivity contribution in [2.75, 3.05) is 7.11 Å². The van der Waals surface area contributed by atoms with Crippen molar-refractivity contribution in [3.8, 4) is 0 Å². The van der Waals surface area contributed by atoms with Gasteiger partial charge in [-0.3, -0.25) is 0 Å². The van der Waals surface area contributed by atoms with Crippen LogP contribution in [0.5, 0.6) is 0 Å². The average molecular weight is 199 g/mol. The monoisotopic (exact) mass is 199 g/mol. The minimum atomic E-state index is -0.299. The van der Waals surface area contributed by atoms with E-state index in [0.717, 1.165) is 11.4 Å². The highest BCUT2D eigenvalue weighted by atomic mass is 32.1. The molecule has 1 aromatic heterocycles. The molecule has 0 N–H and O–H groups in total. The number of hydrogen-bond donors (Lipinski definition) is 0. The Labute approximate surface area is 81.8 Å². The Bertz CT molecular complexity index is 294. The molecule has 0 atom stereocenters. The second-order valence-corrected chi connectivity index (χ2v) is 4.32. The Kier molecular flexibility index (Phi) is 3.42. The van der Waals surface area contributed by atoms with Gasteiger partial charge in [-0.2, -0.15) is 0 Å². The van der Waals surface area contributed by atoms with Gasteiger partial charge in [0.1, 0.15) is 4.88 Å². The molecule has 0 radical (unpaired) electrons. The van der Waals surface area contributed by atoms with Gasteiger partial charge in [0.2, 0.25) is 0 Å². The summed E-state index contributed by atoms with van der Waals surface area (Å²) in [5.74, 6) is 0.268. The van der Waals surface area contributed by atoms with Gasteiger partial charge in [0, 0.05) is 6.42 Å². The molecule has 0 aliphatic carbocycles. The molecule has 13 heavy (non-hydrogen) atoms. The van der Waals surface area contributed by atoms with E-state index in [9.17, 15) is 4.79 Å². The van der Waals surface area contributed by atoms with Gasteiger partial charge in [0.25, 0.3) is 0 Å². The van der Waals surface area contributed by atoms with Gasteiger partial charge in [-0.05, 0) is 5.92 Å². The summed E-state index contributed by atoms with van der Waals surface area (Å²) in [4.78, 5) is 15.8. The molecule has 0 fully saturated rings. The highest BCUT2D eigenvalue weighted by Gasteiger charge is 2.10. The van der Waals surface area contributed by atoms with Crippen molar-refractivity contribution in [3.05, 3.63) is 16.1 Å². The normalized spacial score (nSPS) is 10.5. The van der Waals surface area contributed by atoms with Gasteiger partial charge in [0.15, 0.2) is 0 Å². The Morgan fingerprint density at radius 1 is 1.69 bits per heavy atom. The van der Waals surface area contributed by atoms with Crippen LogP contribution in [0.4, 0.5) is 0 Å². The number of nitrogens with zero attached hydrogens (tertiary/aromatic N) is 1. The van der Waals surface area contributed by atoms with Crippen LogP contribution < -0.4 is 0 Å². The molecule has 0 aromatic carbocycles. The van der Waals surface area contributed by atoms with Crippen molar-refractivity contribution in [2.24, 2.45) is 5.92 Å². The summed E-state index contributed by atoms with van der Waals surface area (Å²) in [7, 11) is 1.38. The lowest BCUT2D eigenvalue weighted by Gasteiger charge is -1.98. The number of hydrogen-bond acceptors (Lipinski definition) is 4. The molecule has 4 heteroatoms. The van der Waals surface area contributed by atoms with Gasteiger partial charge in [-0.25, -0.2) is 9.78 Å². The quantitative estimate of drug-likeness (QED) is 0.700. The zero-order valence-corrected chi connectivity index (χ0v) is 8.85. The van der Waals surface area contributed by atoms with E-state index in [1.165, 1.54) is 18.4 Å². The Hall–Kier alpha value is -0.900. The lowest BCUT2D eigenvalue weighted by atomic mass is 10.1. The minimum Gasteiger partial charge on any atom is -0.465 e. The van der Waals surface area contributed by atoms with Crippen LogP contribution in [0.15, 0.2) is 6.20 Å². The molecule has 0 saturated heterocycles. The summed E-state index contributed by atoms with van der Waals surface area (Å²) in [6.45, 7) is 4.25. The Morgan fingerprint density at radius 2 is 2.38 bits per heavy atom. The molecule has 3 nitrogen and oxygen atoms in total. The zero-order valence-electron chi connectivity index (χ0n) is 8.03. The van der Waals surface area contributed by atoms with Crippen molar-refractivity contribution in [3.63, 3.8) is 0 Å². The molecule has 0 aliphatic rings. The van der Waals surface area contributed by atoms with E-state index in [-0.39, 0.29) is 5.97 Å². The summed E-state index contributed by atoms with van der Waals surface area (Å²) in [6, 6.07) is 0.